The van der Waals surface area contributed by atoms with Crippen molar-refractivity contribution in [1.82, 2.24) is 4.90 Å². The van der Waals surface area contributed by atoms with E-state index in [0.29, 0.717) is 35.7 Å². The zero-order valence-electron chi connectivity index (χ0n) is 18.2. The predicted octanol–water partition coefficient (Wildman–Crippen LogP) is 3.47. The molecule has 0 radical (unpaired) electrons. The average molecular weight is 425 g/mol. The summed E-state index contributed by atoms with van der Waals surface area (Å²) in [7, 11) is 4.63. The fraction of sp³-hybridized carbons (Fsp3) is 0.333. The third kappa shape index (κ3) is 4.41. The highest BCUT2D eigenvalue weighted by Gasteiger charge is 2.47. The Morgan fingerprint density at radius 1 is 1.03 bits per heavy atom. The number of ether oxygens (including phenoxy) is 3. The number of methoxy groups -OCH3 is 3. The minimum Gasteiger partial charge on any atom is -0.507 e. The predicted molar refractivity (Wildman–Crippen MR) is 116 cm³/mol. The Morgan fingerprint density at radius 2 is 1.74 bits per heavy atom. The normalized spacial score (nSPS) is 17.8. The van der Waals surface area contributed by atoms with E-state index in [-0.39, 0.29) is 17.9 Å². The van der Waals surface area contributed by atoms with Crippen molar-refractivity contribution in [2.45, 2.75) is 19.4 Å². The van der Waals surface area contributed by atoms with Gasteiger partial charge >= 0.3 is 0 Å². The fourth-order valence-electron chi connectivity index (χ4n) is 3.73. The Balaban J connectivity index is 2.21. The molecule has 3 rings (SSSR count). The lowest BCUT2D eigenvalue weighted by Crippen LogP contribution is -2.31. The first-order chi connectivity index (χ1) is 14.9. The van der Waals surface area contributed by atoms with E-state index in [1.165, 1.54) is 19.1 Å². The molecule has 1 unspecified atom stereocenters. The second-order valence-corrected chi connectivity index (χ2v) is 7.31. The van der Waals surface area contributed by atoms with Crippen LogP contribution < -0.4 is 9.47 Å². The average Bonchev–Trinajstić information content (AvgIpc) is 3.03. The Labute approximate surface area is 181 Å². The number of likely N-dealkylation sites (tertiary alicyclic amines) is 1. The molecule has 31 heavy (non-hydrogen) atoms. The van der Waals surface area contributed by atoms with Crippen LogP contribution in [0.1, 0.15) is 29.2 Å². The number of carbonyl (C=O) groups excluding carboxylic acids is 2. The van der Waals surface area contributed by atoms with E-state index in [1.807, 2.05) is 19.1 Å². The lowest BCUT2D eigenvalue weighted by atomic mass is 9.94. The van der Waals surface area contributed by atoms with Gasteiger partial charge in [0, 0.05) is 31.4 Å². The quantitative estimate of drug-likeness (QED) is 0.302. The largest absolute Gasteiger partial charge is 0.507 e. The van der Waals surface area contributed by atoms with Crippen LogP contribution in [0.15, 0.2) is 48.0 Å². The highest BCUT2D eigenvalue weighted by Crippen LogP contribution is 2.43. The van der Waals surface area contributed by atoms with Gasteiger partial charge in [-0.2, -0.15) is 0 Å². The summed E-state index contributed by atoms with van der Waals surface area (Å²) in [5, 5.41) is 11.1. The number of benzene rings is 2. The minimum atomic E-state index is -0.816. The number of aliphatic hydroxyl groups excluding tert-OH is 1. The molecule has 1 amide bonds. The van der Waals surface area contributed by atoms with Crippen LogP contribution in [-0.2, 0) is 14.3 Å². The van der Waals surface area contributed by atoms with E-state index in [0.717, 1.165) is 5.56 Å². The van der Waals surface area contributed by atoms with Crippen LogP contribution in [0.5, 0.6) is 11.5 Å². The maximum atomic E-state index is 13.1. The Hall–Kier alpha value is -3.32. The zero-order valence-corrected chi connectivity index (χ0v) is 18.2. The first-order valence-electron chi connectivity index (χ1n) is 9.99. The van der Waals surface area contributed by atoms with E-state index >= 15 is 0 Å². The van der Waals surface area contributed by atoms with Crippen molar-refractivity contribution in [2.24, 2.45) is 0 Å². The number of aliphatic hydroxyl groups is 1. The van der Waals surface area contributed by atoms with Crippen molar-refractivity contribution in [3.8, 4) is 11.5 Å². The molecule has 1 fully saturated rings. The topological polar surface area (TPSA) is 85.3 Å². The van der Waals surface area contributed by atoms with Crippen LogP contribution in [0.2, 0.25) is 0 Å². The van der Waals surface area contributed by atoms with E-state index < -0.39 is 17.7 Å². The first kappa shape index (κ1) is 22.4. The molecule has 7 nitrogen and oxygen atoms in total. The van der Waals surface area contributed by atoms with Gasteiger partial charge in [-0.3, -0.25) is 9.59 Å². The summed E-state index contributed by atoms with van der Waals surface area (Å²) in [5.41, 5.74) is 2.07. The lowest BCUT2D eigenvalue weighted by molar-refractivity contribution is -0.140. The molecule has 2 aromatic rings. The molecule has 0 aromatic heterocycles. The zero-order chi connectivity index (χ0) is 22.5. The van der Waals surface area contributed by atoms with Gasteiger partial charge in [0.1, 0.15) is 17.3 Å². The molecular formula is C24H27NO6. The van der Waals surface area contributed by atoms with Crippen molar-refractivity contribution in [2.75, 3.05) is 34.5 Å². The molecule has 0 saturated carbocycles. The maximum absolute atomic E-state index is 13.1. The highest BCUT2D eigenvalue weighted by atomic mass is 16.5. The number of rotatable bonds is 8. The van der Waals surface area contributed by atoms with E-state index in [2.05, 4.69) is 0 Å². The third-order valence-electron chi connectivity index (χ3n) is 5.34. The molecule has 0 spiro atoms. The Morgan fingerprint density at radius 3 is 2.35 bits per heavy atom. The highest BCUT2D eigenvalue weighted by molar-refractivity contribution is 6.46. The van der Waals surface area contributed by atoms with Crippen LogP contribution in [0, 0.1) is 6.92 Å². The Bertz CT molecular complexity index is 996. The third-order valence-corrected chi connectivity index (χ3v) is 5.34. The lowest BCUT2D eigenvalue weighted by Gasteiger charge is -2.27. The van der Waals surface area contributed by atoms with Crippen LogP contribution in [-0.4, -0.2) is 56.2 Å². The van der Waals surface area contributed by atoms with Gasteiger partial charge in [0.05, 0.1) is 25.8 Å². The summed E-state index contributed by atoms with van der Waals surface area (Å²) in [6.45, 7) is 2.65. The van der Waals surface area contributed by atoms with Gasteiger partial charge in [0.2, 0.25) is 0 Å². The number of amides is 1. The molecule has 1 saturated heterocycles. The molecule has 0 bridgehead atoms. The number of carbonyl (C=O) groups is 2. The van der Waals surface area contributed by atoms with Gasteiger partial charge < -0.3 is 24.2 Å². The summed E-state index contributed by atoms with van der Waals surface area (Å²) >= 11 is 0. The summed E-state index contributed by atoms with van der Waals surface area (Å²) in [4.78, 5) is 27.5. The van der Waals surface area contributed by atoms with Gasteiger partial charge in [-0.15, -0.1) is 0 Å². The maximum Gasteiger partial charge on any atom is 0.295 e. The van der Waals surface area contributed by atoms with E-state index in [9.17, 15) is 14.7 Å². The molecule has 1 heterocycles. The van der Waals surface area contributed by atoms with Crippen molar-refractivity contribution >= 4 is 17.4 Å². The number of hydrogen-bond donors (Lipinski definition) is 1. The molecule has 1 aliphatic rings. The smallest absolute Gasteiger partial charge is 0.295 e. The SMILES string of the molecule is COCCCN1C(=O)C(=O)C(=C(O)c2ccc(C)cc2)C1c1cc(OC)ccc1OC. The standard InChI is InChI=1S/C24H27NO6/c1-15-6-8-16(9-7-15)22(26)20-21(18-14-17(30-3)10-11-19(18)31-4)25(12-5-13-29-2)24(28)23(20)27/h6-11,14,21,26H,5,12-13H2,1-4H3. The van der Waals surface area contributed by atoms with Crippen LogP contribution in [0.25, 0.3) is 5.76 Å². The van der Waals surface area contributed by atoms with Gasteiger partial charge in [0.15, 0.2) is 0 Å². The molecule has 0 aliphatic carbocycles. The molecule has 1 atom stereocenters. The molecule has 1 aliphatic heterocycles. The number of ketones is 1. The van der Waals surface area contributed by atoms with Gasteiger partial charge in [-0.1, -0.05) is 29.8 Å². The molecule has 1 N–H and O–H groups in total. The van der Waals surface area contributed by atoms with Gasteiger partial charge in [0.25, 0.3) is 11.7 Å². The van der Waals surface area contributed by atoms with Crippen molar-refractivity contribution in [3.63, 3.8) is 0 Å². The van der Waals surface area contributed by atoms with Gasteiger partial charge in [-0.25, -0.2) is 0 Å². The minimum absolute atomic E-state index is 0.0258. The summed E-state index contributed by atoms with van der Waals surface area (Å²) < 4.78 is 16.0. The molecular weight excluding hydrogens is 398 g/mol. The summed E-state index contributed by atoms with van der Waals surface area (Å²) in [6.07, 6.45) is 0.539. The van der Waals surface area contributed by atoms with E-state index in [4.69, 9.17) is 14.2 Å². The second-order valence-electron chi connectivity index (χ2n) is 7.31. The molecule has 7 heteroatoms. The number of nitrogens with zero attached hydrogens (tertiary/aromatic N) is 1. The van der Waals surface area contributed by atoms with Crippen LogP contribution >= 0.6 is 0 Å². The van der Waals surface area contributed by atoms with Crippen molar-refractivity contribution < 1.29 is 28.9 Å². The van der Waals surface area contributed by atoms with Crippen LogP contribution in [0.3, 0.4) is 0 Å². The summed E-state index contributed by atoms with van der Waals surface area (Å²) in [5.74, 6) is -0.583. The monoisotopic (exact) mass is 425 g/mol. The molecule has 164 valence electrons. The number of Topliss-reactive ketones (excluding diaryl/α,β-unsaturated/α-hetero) is 1. The fourth-order valence-corrected chi connectivity index (χ4v) is 3.73. The first-order valence-corrected chi connectivity index (χ1v) is 9.99. The van der Waals surface area contributed by atoms with E-state index in [1.54, 1.807) is 37.4 Å². The molecule has 2 aromatic carbocycles. The number of aryl methyl sites for hydroxylation is 1. The van der Waals surface area contributed by atoms with Crippen molar-refractivity contribution in [3.05, 3.63) is 64.7 Å². The van der Waals surface area contributed by atoms with Crippen molar-refractivity contribution in [1.29, 1.82) is 0 Å². The summed E-state index contributed by atoms with van der Waals surface area (Å²) in [6, 6.07) is 11.5. The van der Waals surface area contributed by atoms with Gasteiger partial charge in [-0.05, 0) is 31.5 Å². The second kappa shape index (κ2) is 9.66. The van der Waals surface area contributed by atoms with Crippen LogP contribution in [0.4, 0.5) is 0 Å². The Kier molecular flexibility index (Phi) is 6.97. The number of hydrogen-bond acceptors (Lipinski definition) is 6.